The van der Waals surface area contributed by atoms with Gasteiger partial charge in [0.2, 0.25) is 0 Å². The fraction of sp³-hybridized carbons (Fsp3) is 0.250. The summed E-state index contributed by atoms with van der Waals surface area (Å²) in [4.78, 5) is 23.7. The lowest BCUT2D eigenvalue weighted by Gasteiger charge is -2.13. The van der Waals surface area contributed by atoms with E-state index >= 15 is 0 Å². The molecule has 1 heterocycles. The molecule has 0 unspecified atom stereocenters. The molecule has 20 heavy (non-hydrogen) atoms. The van der Waals surface area contributed by atoms with Crippen molar-refractivity contribution in [2.75, 3.05) is 0 Å². The Hall–Kier alpha value is -2.36. The molecule has 1 aromatic carbocycles. The molecule has 104 valence electrons. The molecule has 0 radical (unpaired) electrons. The van der Waals surface area contributed by atoms with Crippen LogP contribution in [0.3, 0.4) is 0 Å². The van der Waals surface area contributed by atoms with Crippen molar-refractivity contribution in [1.82, 2.24) is 4.57 Å². The van der Waals surface area contributed by atoms with Gasteiger partial charge in [0.25, 0.3) is 5.56 Å². The van der Waals surface area contributed by atoms with Gasteiger partial charge in [0.05, 0.1) is 0 Å². The number of hydrogen-bond acceptors (Lipinski definition) is 2. The highest BCUT2D eigenvalue weighted by Crippen LogP contribution is 2.15. The maximum absolute atomic E-state index is 12.4. The first-order chi connectivity index (χ1) is 9.31. The van der Waals surface area contributed by atoms with Crippen molar-refractivity contribution in [2.45, 2.75) is 27.7 Å². The molecule has 4 nitrogen and oxygen atoms in total. The van der Waals surface area contributed by atoms with Crippen molar-refractivity contribution in [1.29, 1.82) is 0 Å². The topological polar surface area (TPSA) is 59.3 Å². The summed E-state index contributed by atoms with van der Waals surface area (Å²) in [6.45, 7) is 7.35. The summed E-state index contributed by atoms with van der Waals surface area (Å²) < 4.78 is 1.41. The number of aryl methyl sites for hydroxylation is 3. The molecule has 0 saturated carbocycles. The van der Waals surface area contributed by atoms with Crippen LogP contribution < -0.4 is 5.56 Å². The number of aromatic nitrogens is 1. The van der Waals surface area contributed by atoms with Crippen LogP contribution >= 0.6 is 0 Å². The van der Waals surface area contributed by atoms with Crippen LogP contribution in [0, 0.1) is 27.7 Å². The van der Waals surface area contributed by atoms with Crippen LogP contribution in [0.1, 0.15) is 32.6 Å². The molecule has 0 saturated heterocycles. The van der Waals surface area contributed by atoms with Gasteiger partial charge in [-0.15, -0.1) is 0 Å². The molecule has 0 aliphatic carbocycles. The number of aromatic carboxylic acids is 1. The summed E-state index contributed by atoms with van der Waals surface area (Å²) in [6.07, 6.45) is 1.69. The van der Waals surface area contributed by atoms with E-state index in [-0.39, 0.29) is 5.56 Å². The zero-order valence-corrected chi connectivity index (χ0v) is 12.0. The first kappa shape index (κ1) is 14.1. The summed E-state index contributed by atoms with van der Waals surface area (Å²) in [5.41, 5.74) is 3.39. The molecule has 4 heteroatoms. The molecular weight excluding hydrogens is 254 g/mol. The molecule has 0 aliphatic rings. The Morgan fingerprint density at radius 2 is 1.60 bits per heavy atom. The second kappa shape index (κ2) is 4.96. The fourth-order valence-corrected chi connectivity index (χ4v) is 2.36. The highest BCUT2D eigenvalue weighted by Gasteiger charge is 2.17. The Morgan fingerprint density at radius 1 is 1.05 bits per heavy atom. The first-order valence-corrected chi connectivity index (χ1v) is 6.36. The van der Waals surface area contributed by atoms with Gasteiger partial charge >= 0.3 is 5.97 Å². The summed E-state index contributed by atoms with van der Waals surface area (Å²) >= 11 is 0. The molecule has 0 amide bonds. The third kappa shape index (κ3) is 2.37. The van der Waals surface area contributed by atoms with E-state index in [1.165, 1.54) is 4.57 Å². The smallest absolute Gasteiger partial charge is 0.341 e. The second-order valence-corrected chi connectivity index (χ2v) is 5.14. The average molecular weight is 271 g/mol. The zero-order valence-electron chi connectivity index (χ0n) is 12.0. The van der Waals surface area contributed by atoms with E-state index < -0.39 is 11.5 Å². The Kier molecular flexibility index (Phi) is 3.49. The van der Waals surface area contributed by atoms with Crippen molar-refractivity contribution < 1.29 is 9.90 Å². The second-order valence-electron chi connectivity index (χ2n) is 5.14. The maximum Gasteiger partial charge on any atom is 0.341 e. The number of rotatable bonds is 2. The fourth-order valence-electron chi connectivity index (χ4n) is 2.36. The SMILES string of the molecule is Cc1cc(C)cc(-n2cc(C)c(C)c(C(=O)O)c2=O)c1. The monoisotopic (exact) mass is 271 g/mol. The summed E-state index contributed by atoms with van der Waals surface area (Å²) in [5, 5.41) is 9.24. The molecule has 0 fully saturated rings. The minimum atomic E-state index is -1.19. The van der Waals surface area contributed by atoms with Gasteiger partial charge in [-0.05, 0) is 62.1 Å². The Balaban J connectivity index is 2.82. The molecule has 2 rings (SSSR count). The lowest BCUT2D eigenvalue weighted by atomic mass is 10.1. The van der Waals surface area contributed by atoms with E-state index in [1.54, 1.807) is 20.0 Å². The predicted octanol–water partition coefficient (Wildman–Crippen LogP) is 2.77. The first-order valence-electron chi connectivity index (χ1n) is 6.36. The van der Waals surface area contributed by atoms with Crippen LogP contribution in [-0.2, 0) is 0 Å². The molecule has 0 bridgehead atoms. The molecule has 0 atom stereocenters. The van der Waals surface area contributed by atoms with Crippen molar-refractivity contribution >= 4 is 5.97 Å². The maximum atomic E-state index is 12.4. The van der Waals surface area contributed by atoms with E-state index in [2.05, 4.69) is 0 Å². The number of nitrogens with zero attached hydrogens (tertiary/aromatic N) is 1. The standard InChI is InChI=1S/C16H17NO3/c1-9-5-10(2)7-13(6-9)17-8-11(3)12(4)14(15(17)18)16(19)20/h5-8H,1-4H3,(H,19,20). The molecule has 1 N–H and O–H groups in total. The van der Waals surface area contributed by atoms with Crippen molar-refractivity contribution in [3.05, 3.63) is 62.6 Å². The Labute approximate surface area is 117 Å². The van der Waals surface area contributed by atoms with Gasteiger partial charge in [-0.25, -0.2) is 4.79 Å². The van der Waals surface area contributed by atoms with Crippen LogP contribution in [0.15, 0.2) is 29.2 Å². The number of benzene rings is 1. The molecule has 0 aliphatic heterocycles. The predicted molar refractivity (Wildman–Crippen MR) is 77.9 cm³/mol. The van der Waals surface area contributed by atoms with Crippen LogP contribution in [0.2, 0.25) is 0 Å². The Morgan fingerprint density at radius 3 is 2.10 bits per heavy atom. The Bertz CT molecular complexity index is 737. The minimum Gasteiger partial charge on any atom is -0.477 e. The molecule has 1 aromatic heterocycles. The third-order valence-corrected chi connectivity index (χ3v) is 3.42. The molecular formula is C16H17NO3. The normalized spacial score (nSPS) is 10.6. The minimum absolute atomic E-state index is 0.163. The molecule has 2 aromatic rings. The third-order valence-electron chi connectivity index (χ3n) is 3.42. The summed E-state index contributed by atoms with van der Waals surface area (Å²) in [5.74, 6) is -1.19. The van der Waals surface area contributed by atoms with E-state index in [0.717, 1.165) is 16.7 Å². The summed E-state index contributed by atoms with van der Waals surface area (Å²) in [7, 11) is 0. The van der Waals surface area contributed by atoms with Crippen molar-refractivity contribution in [3.63, 3.8) is 0 Å². The van der Waals surface area contributed by atoms with Gasteiger partial charge in [-0.3, -0.25) is 9.36 Å². The number of carboxylic acids is 1. The van der Waals surface area contributed by atoms with Crippen LogP contribution in [0.4, 0.5) is 0 Å². The highest BCUT2D eigenvalue weighted by atomic mass is 16.4. The number of hydrogen-bond donors (Lipinski definition) is 1. The van der Waals surface area contributed by atoms with E-state index in [0.29, 0.717) is 11.3 Å². The molecule has 0 spiro atoms. The van der Waals surface area contributed by atoms with Gasteiger partial charge in [-0.2, -0.15) is 0 Å². The average Bonchev–Trinajstić information content (AvgIpc) is 2.32. The van der Waals surface area contributed by atoms with Gasteiger partial charge in [0.1, 0.15) is 5.56 Å². The highest BCUT2D eigenvalue weighted by molar-refractivity contribution is 5.89. The summed E-state index contributed by atoms with van der Waals surface area (Å²) in [6, 6.07) is 5.75. The van der Waals surface area contributed by atoms with Crippen LogP contribution in [-0.4, -0.2) is 15.6 Å². The number of carbonyl (C=O) groups is 1. The number of carboxylic acid groups (broad SMARTS) is 1. The number of pyridine rings is 1. The lowest BCUT2D eigenvalue weighted by Crippen LogP contribution is -2.27. The van der Waals surface area contributed by atoms with Gasteiger partial charge in [0, 0.05) is 11.9 Å². The zero-order chi connectivity index (χ0) is 15.0. The van der Waals surface area contributed by atoms with E-state index in [4.69, 9.17) is 0 Å². The van der Waals surface area contributed by atoms with Crippen LogP contribution in [0.25, 0.3) is 5.69 Å². The largest absolute Gasteiger partial charge is 0.477 e. The van der Waals surface area contributed by atoms with Crippen molar-refractivity contribution in [2.24, 2.45) is 0 Å². The van der Waals surface area contributed by atoms with Gasteiger partial charge < -0.3 is 5.11 Å². The lowest BCUT2D eigenvalue weighted by molar-refractivity contribution is 0.0693. The van der Waals surface area contributed by atoms with E-state index in [9.17, 15) is 14.7 Å². The van der Waals surface area contributed by atoms with Gasteiger partial charge in [0.15, 0.2) is 0 Å². The van der Waals surface area contributed by atoms with Crippen LogP contribution in [0.5, 0.6) is 0 Å². The van der Waals surface area contributed by atoms with Crippen molar-refractivity contribution in [3.8, 4) is 5.69 Å². The van der Waals surface area contributed by atoms with E-state index in [1.807, 2.05) is 32.0 Å². The van der Waals surface area contributed by atoms with Gasteiger partial charge in [-0.1, -0.05) is 6.07 Å². The quantitative estimate of drug-likeness (QED) is 0.913.